The number of hydroxylamine groups is 2. The van der Waals surface area contributed by atoms with Crippen LogP contribution < -0.4 is 5.32 Å². The van der Waals surface area contributed by atoms with E-state index >= 15 is 0 Å². The molecule has 6 nitrogen and oxygen atoms in total. The van der Waals surface area contributed by atoms with Gasteiger partial charge in [0.1, 0.15) is 17.2 Å². The summed E-state index contributed by atoms with van der Waals surface area (Å²) < 4.78 is 5.20. The molecule has 1 atom stereocenters. The molecule has 0 saturated heterocycles. The molecule has 1 saturated carbocycles. The van der Waals surface area contributed by atoms with Crippen LogP contribution in [-0.2, 0) is 14.4 Å². The number of hydrogen-bond acceptors (Lipinski definition) is 5. The Morgan fingerprint density at radius 3 is 2.37 bits per heavy atom. The molecule has 1 aliphatic rings. The van der Waals surface area contributed by atoms with E-state index in [1.54, 1.807) is 27.8 Å². The zero-order valence-electron chi connectivity index (χ0n) is 12.1. The molecule has 0 aliphatic heterocycles. The third kappa shape index (κ3) is 4.93. The second-order valence-electron chi connectivity index (χ2n) is 5.63. The number of carbonyl (C=O) groups is 1. The van der Waals surface area contributed by atoms with Crippen LogP contribution in [0.3, 0.4) is 0 Å². The Kier molecular flexibility index (Phi) is 4.97. The van der Waals surface area contributed by atoms with Crippen molar-refractivity contribution in [1.29, 1.82) is 0 Å². The van der Waals surface area contributed by atoms with E-state index in [0.717, 1.165) is 12.8 Å². The first-order valence-electron chi connectivity index (χ1n) is 6.31. The van der Waals surface area contributed by atoms with Gasteiger partial charge in [-0.15, -0.1) is 0 Å². The van der Waals surface area contributed by atoms with E-state index in [4.69, 9.17) is 9.57 Å². The lowest BCUT2D eigenvalue weighted by Gasteiger charge is -2.27. The fourth-order valence-corrected chi connectivity index (χ4v) is 1.70. The minimum Gasteiger partial charge on any atom is -0.444 e. The highest BCUT2D eigenvalue weighted by Crippen LogP contribution is 2.35. The lowest BCUT2D eigenvalue weighted by atomic mass is 10.1. The highest BCUT2D eigenvalue weighted by Gasteiger charge is 2.38. The lowest BCUT2D eigenvalue weighted by Crippen LogP contribution is -2.44. The zero-order chi connectivity index (χ0) is 14.6. The van der Waals surface area contributed by atoms with Gasteiger partial charge in [-0.3, -0.25) is 4.84 Å². The molecular formula is C13H22N2O4. The predicted octanol–water partition coefficient (Wildman–Crippen LogP) is 1.50. The van der Waals surface area contributed by atoms with Gasteiger partial charge in [-0.05, 0) is 39.5 Å². The molecule has 0 bridgehead atoms. The van der Waals surface area contributed by atoms with Gasteiger partial charge in [0.15, 0.2) is 0 Å². The van der Waals surface area contributed by atoms with E-state index < -0.39 is 17.7 Å². The smallest absolute Gasteiger partial charge is 0.408 e. The maximum Gasteiger partial charge on any atom is 0.408 e. The molecule has 0 unspecified atom stereocenters. The Balaban J connectivity index is 2.73. The second kappa shape index (κ2) is 6.08. The second-order valence-corrected chi connectivity index (χ2v) is 5.63. The van der Waals surface area contributed by atoms with E-state index in [1.165, 1.54) is 12.2 Å². The number of amides is 1. The van der Waals surface area contributed by atoms with Crippen LogP contribution in [0.15, 0.2) is 5.70 Å². The predicted molar refractivity (Wildman–Crippen MR) is 69.9 cm³/mol. The van der Waals surface area contributed by atoms with Crippen LogP contribution in [0, 0.1) is 5.92 Å². The standard InChI is InChI=1S/C13H22N2O4/c1-13(2,3)19-12(17)14-11(9-6-7-9)10(8-16)15(4)18-5/h9,11H,6-7H2,1-5H3,(H,14,17)/t11-/m0/s1. The summed E-state index contributed by atoms with van der Waals surface area (Å²) in [6.07, 6.45) is 1.38. The SMILES string of the molecule is CON(C)C(=C=O)[C@@H](NC(=O)OC(C)(C)C)C1CC1. The van der Waals surface area contributed by atoms with Crippen molar-refractivity contribution in [3.63, 3.8) is 0 Å². The van der Waals surface area contributed by atoms with Crippen LogP contribution in [0.2, 0.25) is 0 Å². The summed E-state index contributed by atoms with van der Waals surface area (Å²) >= 11 is 0. The van der Waals surface area contributed by atoms with Crippen molar-refractivity contribution >= 4 is 12.0 Å². The molecule has 0 heterocycles. The highest BCUT2D eigenvalue weighted by atomic mass is 16.7. The Labute approximate surface area is 113 Å². The molecule has 1 N–H and O–H groups in total. The Bertz CT molecular complexity index is 379. The maximum absolute atomic E-state index is 11.8. The van der Waals surface area contributed by atoms with Gasteiger partial charge in [0.05, 0.1) is 13.2 Å². The van der Waals surface area contributed by atoms with Gasteiger partial charge in [0.25, 0.3) is 0 Å². The van der Waals surface area contributed by atoms with E-state index in [0.29, 0.717) is 0 Å². The van der Waals surface area contributed by atoms with Crippen LogP contribution in [0.1, 0.15) is 33.6 Å². The number of carbonyl (C=O) groups excluding carboxylic acids is 2. The monoisotopic (exact) mass is 270 g/mol. The molecule has 6 heteroatoms. The summed E-state index contributed by atoms with van der Waals surface area (Å²) in [6, 6.07) is -0.419. The molecule has 0 aromatic carbocycles. The molecule has 0 aromatic rings. The summed E-state index contributed by atoms with van der Waals surface area (Å²) in [6.45, 7) is 5.36. The quantitative estimate of drug-likeness (QED) is 0.605. The molecule has 1 amide bonds. The minimum atomic E-state index is -0.573. The molecule has 0 spiro atoms. The van der Waals surface area contributed by atoms with Crippen LogP contribution in [0.4, 0.5) is 4.79 Å². The number of alkyl carbamates (subject to hydrolysis) is 1. The minimum absolute atomic E-state index is 0.238. The topological polar surface area (TPSA) is 67.9 Å². The summed E-state index contributed by atoms with van der Waals surface area (Å²) in [4.78, 5) is 27.9. The number of nitrogens with one attached hydrogen (secondary N) is 1. The van der Waals surface area contributed by atoms with E-state index in [-0.39, 0.29) is 11.6 Å². The Morgan fingerprint density at radius 2 is 2.00 bits per heavy atom. The van der Waals surface area contributed by atoms with Crippen molar-refractivity contribution in [2.45, 2.75) is 45.3 Å². The van der Waals surface area contributed by atoms with Crippen LogP contribution >= 0.6 is 0 Å². The fourth-order valence-electron chi connectivity index (χ4n) is 1.70. The molecule has 0 radical (unpaired) electrons. The molecule has 1 rings (SSSR count). The van der Waals surface area contributed by atoms with Crippen molar-refractivity contribution in [2.24, 2.45) is 5.92 Å². The van der Waals surface area contributed by atoms with Gasteiger partial charge in [-0.1, -0.05) is 0 Å². The van der Waals surface area contributed by atoms with E-state index in [9.17, 15) is 9.59 Å². The number of ether oxygens (including phenoxy) is 1. The fraction of sp³-hybridized carbons (Fsp3) is 0.769. The normalized spacial score (nSPS) is 16.3. The number of likely N-dealkylation sites (N-methyl/N-ethyl adjacent to an activating group) is 1. The third-order valence-corrected chi connectivity index (χ3v) is 2.78. The maximum atomic E-state index is 11.8. The Hall–Kier alpha value is -1.52. The molecule has 1 aliphatic carbocycles. The van der Waals surface area contributed by atoms with Gasteiger partial charge in [-0.25, -0.2) is 14.7 Å². The van der Waals surface area contributed by atoms with Crippen LogP contribution in [-0.4, -0.2) is 42.9 Å². The van der Waals surface area contributed by atoms with E-state index in [2.05, 4.69) is 5.32 Å². The number of hydrogen-bond donors (Lipinski definition) is 1. The first-order valence-corrected chi connectivity index (χ1v) is 6.31. The molecule has 0 aromatic heterocycles. The first-order chi connectivity index (χ1) is 8.78. The van der Waals surface area contributed by atoms with Crippen molar-refractivity contribution < 1.29 is 19.2 Å². The van der Waals surface area contributed by atoms with Gasteiger partial charge in [0.2, 0.25) is 0 Å². The average Bonchev–Trinajstić information content (AvgIpc) is 3.09. The summed E-state index contributed by atoms with van der Waals surface area (Å²) in [5.41, 5.74) is -0.299. The highest BCUT2D eigenvalue weighted by molar-refractivity contribution is 5.70. The van der Waals surface area contributed by atoms with Crippen LogP contribution in [0.25, 0.3) is 0 Å². The van der Waals surface area contributed by atoms with Gasteiger partial charge in [0, 0.05) is 7.05 Å². The van der Waals surface area contributed by atoms with Gasteiger partial charge >= 0.3 is 6.09 Å². The number of nitrogens with zero attached hydrogens (tertiary/aromatic N) is 1. The number of rotatable bonds is 5. The summed E-state index contributed by atoms with van der Waals surface area (Å²) in [5, 5.41) is 4.03. The summed E-state index contributed by atoms with van der Waals surface area (Å²) in [7, 11) is 3.06. The van der Waals surface area contributed by atoms with Crippen molar-refractivity contribution in [2.75, 3.05) is 14.2 Å². The first kappa shape index (κ1) is 15.5. The summed E-state index contributed by atoms with van der Waals surface area (Å²) in [5.74, 6) is 2.08. The van der Waals surface area contributed by atoms with Gasteiger partial charge in [-0.2, -0.15) is 0 Å². The van der Waals surface area contributed by atoms with Crippen LogP contribution in [0.5, 0.6) is 0 Å². The Morgan fingerprint density at radius 1 is 1.42 bits per heavy atom. The molecule has 1 fully saturated rings. The lowest BCUT2D eigenvalue weighted by molar-refractivity contribution is -0.0823. The van der Waals surface area contributed by atoms with Crippen molar-refractivity contribution in [3.05, 3.63) is 5.70 Å². The largest absolute Gasteiger partial charge is 0.444 e. The molecule has 108 valence electrons. The third-order valence-electron chi connectivity index (χ3n) is 2.78. The van der Waals surface area contributed by atoms with Crippen molar-refractivity contribution in [3.8, 4) is 0 Å². The van der Waals surface area contributed by atoms with Gasteiger partial charge < -0.3 is 10.1 Å². The molecular weight excluding hydrogens is 248 g/mol. The average molecular weight is 270 g/mol. The van der Waals surface area contributed by atoms with E-state index in [1.807, 2.05) is 5.94 Å². The van der Waals surface area contributed by atoms with Crippen molar-refractivity contribution in [1.82, 2.24) is 10.4 Å². The molecule has 19 heavy (non-hydrogen) atoms. The zero-order valence-corrected chi connectivity index (χ0v) is 12.1.